The molecule has 106 valence electrons. The van der Waals surface area contributed by atoms with Crippen LogP contribution >= 0.6 is 31.9 Å². The predicted molar refractivity (Wildman–Crippen MR) is 88.6 cm³/mol. The number of rotatable bonds is 5. The van der Waals surface area contributed by atoms with Gasteiger partial charge in [-0.05, 0) is 48.4 Å². The number of nitrogens with one attached hydrogen (secondary N) is 1. The zero-order chi connectivity index (χ0) is 14.5. The van der Waals surface area contributed by atoms with Crippen LogP contribution in [0.3, 0.4) is 0 Å². The average molecular weight is 400 g/mol. The summed E-state index contributed by atoms with van der Waals surface area (Å²) in [4.78, 5) is 0. The molecule has 0 aliphatic heterocycles. The minimum Gasteiger partial charge on any atom is -0.494 e. The highest BCUT2D eigenvalue weighted by Crippen LogP contribution is 2.28. The minimum absolute atomic E-state index is 0.0699. The smallest absolute Gasteiger partial charge is 0.119 e. The molecular weight excluding hydrogens is 384 g/mol. The van der Waals surface area contributed by atoms with Gasteiger partial charge < -0.3 is 4.74 Å². The number of hydrazine groups is 1. The zero-order valence-corrected chi connectivity index (χ0v) is 14.2. The molecule has 0 aliphatic carbocycles. The highest BCUT2D eigenvalue weighted by Gasteiger charge is 2.13. The minimum atomic E-state index is -0.0699. The van der Waals surface area contributed by atoms with Crippen LogP contribution in [0, 0.1) is 0 Å². The molecule has 3 N–H and O–H groups in total. The van der Waals surface area contributed by atoms with Gasteiger partial charge in [0.2, 0.25) is 0 Å². The summed E-state index contributed by atoms with van der Waals surface area (Å²) in [5, 5.41) is 0. The maximum absolute atomic E-state index is 5.72. The number of ether oxygens (including phenoxy) is 1. The second-order valence-electron chi connectivity index (χ2n) is 4.30. The second kappa shape index (κ2) is 7.22. The van der Waals surface area contributed by atoms with Gasteiger partial charge in [-0.25, -0.2) is 5.43 Å². The van der Waals surface area contributed by atoms with E-state index < -0.39 is 0 Å². The van der Waals surface area contributed by atoms with Gasteiger partial charge in [0, 0.05) is 8.95 Å². The molecule has 0 spiro atoms. The number of benzene rings is 2. The van der Waals surface area contributed by atoms with E-state index in [1.165, 1.54) is 0 Å². The van der Waals surface area contributed by atoms with Gasteiger partial charge in [0.15, 0.2) is 0 Å². The van der Waals surface area contributed by atoms with E-state index in [-0.39, 0.29) is 6.04 Å². The Hall–Kier alpha value is -0.880. The molecule has 0 saturated heterocycles. The van der Waals surface area contributed by atoms with Crippen LogP contribution in [0.1, 0.15) is 24.1 Å². The van der Waals surface area contributed by atoms with E-state index in [0.717, 1.165) is 25.8 Å². The third kappa shape index (κ3) is 3.82. The Kier molecular flexibility index (Phi) is 5.60. The fourth-order valence-corrected chi connectivity index (χ4v) is 3.38. The van der Waals surface area contributed by atoms with Gasteiger partial charge in [-0.15, -0.1) is 0 Å². The van der Waals surface area contributed by atoms with Gasteiger partial charge in [0.1, 0.15) is 5.75 Å². The van der Waals surface area contributed by atoms with Crippen molar-refractivity contribution in [2.24, 2.45) is 5.84 Å². The number of hydrogen-bond donors (Lipinski definition) is 2. The number of halogens is 2. The van der Waals surface area contributed by atoms with Crippen molar-refractivity contribution >= 4 is 31.9 Å². The molecule has 5 heteroatoms. The quantitative estimate of drug-likeness (QED) is 0.586. The van der Waals surface area contributed by atoms with E-state index in [1.54, 1.807) is 0 Å². The standard InChI is InChI=1S/C15H16Br2N2O/c1-2-20-14-5-3-10(4-6-14)15(19-18)11-7-12(16)9-13(17)8-11/h3-9,15,19H,2,18H2,1H3. The monoisotopic (exact) mass is 398 g/mol. The molecular formula is C15H16Br2N2O. The normalized spacial score (nSPS) is 12.2. The molecule has 3 nitrogen and oxygen atoms in total. The lowest BCUT2D eigenvalue weighted by molar-refractivity contribution is 0.340. The predicted octanol–water partition coefficient (Wildman–Crippen LogP) is 4.16. The fourth-order valence-electron chi connectivity index (χ4n) is 2.05. The summed E-state index contributed by atoms with van der Waals surface area (Å²) in [7, 11) is 0. The molecule has 0 bridgehead atoms. The summed E-state index contributed by atoms with van der Waals surface area (Å²) >= 11 is 6.99. The van der Waals surface area contributed by atoms with Crippen molar-refractivity contribution in [1.82, 2.24) is 5.43 Å². The van der Waals surface area contributed by atoms with Crippen LogP contribution in [0.5, 0.6) is 5.75 Å². The molecule has 0 saturated carbocycles. The van der Waals surface area contributed by atoms with E-state index in [4.69, 9.17) is 10.6 Å². The van der Waals surface area contributed by atoms with E-state index >= 15 is 0 Å². The third-order valence-electron chi connectivity index (χ3n) is 2.91. The Labute approximate surface area is 135 Å². The van der Waals surface area contributed by atoms with Crippen molar-refractivity contribution in [3.05, 3.63) is 62.5 Å². The number of nitrogens with two attached hydrogens (primary N) is 1. The Bertz CT molecular complexity index is 552. The zero-order valence-electron chi connectivity index (χ0n) is 11.1. The van der Waals surface area contributed by atoms with Crippen molar-refractivity contribution in [1.29, 1.82) is 0 Å². The summed E-state index contributed by atoms with van der Waals surface area (Å²) in [6.45, 7) is 2.63. The van der Waals surface area contributed by atoms with E-state index in [0.29, 0.717) is 6.61 Å². The molecule has 0 amide bonds. The third-order valence-corrected chi connectivity index (χ3v) is 3.82. The first kappa shape index (κ1) is 15.5. The lowest BCUT2D eigenvalue weighted by atomic mass is 9.99. The maximum Gasteiger partial charge on any atom is 0.119 e. The molecule has 1 unspecified atom stereocenters. The Morgan fingerprint density at radius 1 is 1.05 bits per heavy atom. The average Bonchev–Trinajstić information content (AvgIpc) is 2.41. The molecule has 0 aromatic heterocycles. The largest absolute Gasteiger partial charge is 0.494 e. The van der Waals surface area contributed by atoms with Gasteiger partial charge in [0.05, 0.1) is 12.6 Å². The highest BCUT2D eigenvalue weighted by molar-refractivity contribution is 9.11. The first-order valence-electron chi connectivity index (χ1n) is 6.29. The molecule has 2 aromatic carbocycles. The molecule has 0 radical (unpaired) electrons. The van der Waals surface area contributed by atoms with Crippen LogP contribution in [0.4, 0.5) is 0 Å². The fraction of sp³-hybridized carbons (Fsp3) is 0.200. The molecule has 1 atom stereocenters. The topological polar surface area (TPSA) is 47.3 Å². The van der Waals surface area contributed by atoms with Crippen molar-refractivity contribution < 1.29 is 4.74 Å². The van der Waals surface area contributed by atoms with Crippen molar-refractivity contribution in [2.45, 2.75) is 13.0 Å². The molecule has 2 rings (SSSR count). The Balaban J connectivity index is 2.31. The van der Waals surface area contributed by atoms with Crippen molar-refractivity contribution in [3.8, 4) is 5.75 Å². The van der Waals surface area contributed by atoms with Crippen molar-refractivity contribution in [2.75, 3.05) is 6.61 Å². The van der Waals surface area contributed by atoms with Crippen LogP contribution in [0.15, 0.2) is 51.4 Å². The summed E-state index contributed by atoms with van der Waals surface area (Å²) in [6.07, 6.45) is 0. The summed E-state index contributed by atoms with van der Waals surface area (Å²) in [6, 6.07) is 14.0. The number of hydrogen-bond acceptors (Lipinski definition) is 3. The lowest BCUT2D eigenvalue weighted by Gasteiger charge is -2.18. The van der Waals surface area contributed by atoms with E-state index in [1.807, 2.05) is 49.4 Å². The van der Waals surface area contributed by atoms with Crippen LogP contribution in [0.2, 0.25) is 0 Å². The summed E-state index contributed by atoms with van der Waals surface area (Å²) in [5.74, 6) is 6.59. The SMILES string of the molecule is CCOc1ccc(C(NN)c2cc(Br)cc(Br)c2)cc1. The molecule has 0 fully saturated rings. The van der Waals surface area contributed by atoms with Crippen LogP contribution in [-0.2, 0) is 0 Å². The van der Waals surface area contributed by atoms with Crippen LogP contribution < -0.4 is 16.0 Å². The van der Waals surface area contributed by atoms with Gasteiger partial charge in [0.25, 0.3) is 0 Å². The maximum atomic E-state index is 5.72. The van der Waals surface area contributed by atoms with E-state index in [2.05, 4.69) is 37.3 Å². The summed E-state index contributed by atoms with van der Waals surface area (Å²) in [5.41, 5.74) is 5.02. The van der Waals surface area contributed by atoms with Gasteiger partial charge in [-0.2, -0.15) is 0 Å². The molecule has 0 aliphatic rings. The van der Waals surface area contributed by atoms with Crippen molar-refractivity contribution in [3.63, 3.8) is 0 Å². The molecule has 2 aromatic rings. The van der Waals surface area contributed by atoms with Crippen LogP contribution in [0.25, 0.3) is 0 Å². The Morgan fingerprint density at radius 2 is 1.65 bits per heavy atom. The highest BCUT2D eigenvalue weighted by atomic mass is 79.9. The second-order valence-corrected chi connectivity index (χ2v) is 6.14. The first-order valence-corrected chi connectivity index (χ1v) is 7.87. The Morgan fingerprint density at radius 3 is 2.15 bits per heavy atom. The van der Waals surface area contributed by atoms with Gasteiger partial charge >= 0.3 is 0 Å². The lowest BCUT2D eigenvalue weighted by Crippen LogP contribution is -2.28. The van der Waals surface area contributed by atoms with Gasteiger partial charge in [-0.1, -0.05) is 44.0 Å². The van der Waals surface area contributed by atoms with E-state index in [9.17, 15) is 0 Å². The van der Waals surface area contributed by atoms with Gasteiger partial charge in [-0.3, -0.25) is 5.84 Å². The van der Waals surface area contributed by atoms with Crippen LogP contribution in [-0.4, -0.2) is 6.61 Å². The first-order chi connectivity index (χ1) is 9.63. The molecule has 0 heterocycles. The summed E-state index contributed by atoms with van der Waals surface area (Å²) < 4.78 is 7.47. The molecule has 20 heavy (non-hydrogen) atoms.